The highest BCUT2D eigenvalue weighted by atomic mass is 19.1. The molecule has 2 rings (SSSR count). The molecule has 0 spiro atoms. The third kappa shape index (κ3) is 6.97. The third-order valence-electron chi connectivity index (χ3n) is 3.55. The monoisotopic (exact) mass is 375 g/mol. The first-order valence-electron chi connectivity index (χ1n) is 8.55. The molecule has 2 aromatic carbocycles. The maximum atomic E-state index is 12.8. The summed E-state index contributed by atoms with van der Waals surface area (Å²) in [6, 6.07) is 12.6. The van der Waals surface area contributed by atoms with Gasteiger partial charge in [-0.1, -0.05) is 12.1 Å². The molecule has 1 N–H and O–H groups in total. The minimum Gasteiger partial charge on any atom is -0.494 e. The van der Waals surface area contributed by atoms with Crippen molar-refractivity contribution in [3.63, 3.8) is 0 Å². The van der Waals surface area contributed by atoms with Crippen LogP contribution in [0.2, 0.25) is 0 Å². The van der Waals surface area contributed by atoms with Crippen LogP contribution < -0.4 is 14.8 Å². The van der Waals surface area contributed by atoms with Crippen LogP contribution in [0.15, 0.2) is 48.5 Å². The van der Waals surface area contributed by atoms with Gasteiger partial charge in [-0.3, -0.25) is 4.79 Å². The van der Waals surface area contributed by atoms with Gasteiger partial charge in [0.1, 0.15) is 17.3 Å². The Morgan fingerprint density at radius 1 is 1.00 bits per heavy atom. The standard InChI is InChI=1S/C20H22FNO5/c1-3-25-17-8-10-18(11-9-17)26-13-19(23)27-14(2)20(24)22-12-15-4-6-16(21)7-5-15/h4-11,14H,3,12-13H2,1-2H3,(H,22,24)/t14-/m1/s1. The molecule has 1 amide bonds. The zero-order valence-corrected chi connectivity index (χ0v) is 15.2. The number of esters is 1. The molecule has 0 unspecified atom stereocenters. The molecule has 0 saturated carbocycles. The van der Waals surface area contributed by atoms with Crippen LogP contribution in [0, 0.1) is 5.82 Å². The van der Waals surface area contributed by atoms with Crippen molar-refractivity contribution in [2.24, 2.45) is 0 Å². The van der Waals surface area contributed by atoms with Crippen LogP contribution in [-0.2, 0) is 20.9 Å². The summed E-state index contributed by atoms with van der Waals surface area (Å²) >= 11 is 0. The topological polar surface area (TPSA) is 73.9 Å². The van der Waals surface area contributed by atoms with Crippen molar-refractivity contribution < 1.29 is 28.2 Å². The lowest BCUT2D eigenvalue weighted by Gasteiger charge is -2.14. The maximum absolute atomic E-state index is 12.8. The van der Waals surface area contributed by atoms with Gasteiger partial charge in [0.15, 0.2) is 12.7 Å². The van der Waals surface area contributed by atoms with Crippen LogP contribution in [-0.4, -0.2) is 31.2 Å². The molecule has 144 valence electrons. The summed E-state index contributed by atoms with van der Waals surface area (Å²) in [5.41, 5.74) is 0.738. The average molecular weight is 375 g/mol. The Hall–Kier alpha value is -3.09. The zero-order valence-electron chi connectivity index (χ0n) is 15.2. The van der Waals surface area contributed by atoms with E-state index in [1.165, 1.54) is 19.1 Å². The highest BCUT2D eigenvalue weighted by molar-refractivity contribution is 5.83. The normalized spacial score (nSPS) is 11.4. The Morgan fingerprint density at radius 2 is 1.59 bits per heavy atom. The van der Waals surface area contributed by atoms with Crippen molar-refractivity contribution in [3.8, 4) is 11.5 Å². The minimum atomic E-state index is -0.970. The van der Waals surface area contributed by atoms with Gasteiger partial charge in [-0.25, -0.2) is 9.18 Å². The molecule has 7 heteroatoms. The third-order valence-corrected chi connectivity index (χ3v) is 3.55. The number of carbonyl (C=O) groups excluding carboxylic acids is 2. The fourth-order valence-electron chi connectivity index (χ4n) is 2.16. The number of halogens is 1. The van der Waals surface area contributed by atoms with Gasteiger partial charge in [-0.05, 0) is 55.8 Å². The molecule has 0 aromatic heterocycles. The first-order chi connectivity index (χ1) is 13.0. The van der Waals surface area contributed by atoms with E-state index in [0.717, 1.165) is 5.56 Å². The van der Waals surface area contributed by atoms with E-state index in [4.69, 9.17) is 14.2 Å². The number of rotatable bonds is 9. The molecule has 2 aromatic rings. The Labute approximate surface area is 157 Å². The van der Waals surface area contributed by atoms with Crippen molar-refractivity contribution in [1.29, 1.82) is 0 Å². The number of ether oxygens (including phenoxy) is 3. The summed E-state index contributed by atoms with van der Waals surface area (Å²) in [4.78, 5) is 23.8. The molecule has 0 aliphatic heterocycles. The fraction of sp³-hybridized carbons (Fsp3) is 0.300. The molecule has 0 radical (unpaired) electrons. The summed E-state index contributed by atoms with van der Waals surface area (Å²) in [6.07, 6.45) is -0.970. The predicted octanol–water partition coefficient (Wildman–Crippen LogP) is 2.85. The Morgan fingerprint density at radius 3 is 2.19 bits per heavy atom. The number of nitrogens with one attached hydrogen (secondary N) is 1. The molecule has 0 bridgehead atoms. The number of benzene rings is 2. The first kappa shape index (κ1) is 20.2. The Kier molecular flexibility index (Phi) is 7.61. The quantitative estimate of drug-likeness (QED) is 0.682. The predicted molar refractivity (Wildman–Crippen MR) is 96.9 cm³/mol. The van der Waals surface area contributed by atoms with Gasteiger partial charge < -0.3 is 19.5 Å². The first-order valence-corrected chi connectivity index (χ1v) is 8.55. The molecule has 0 saturated heterocycles. The van der Waals surface area contributed by atoms with E-state index in [1.807, 2.05) is 6.92 Å². The van der Waals surface area contributed by atoms with Gasteiger partial charge in [0.05, 0.1) is 6.61 Å². The summed E-state index contributed by atoms with van der Waals surface area (Å²) in [5, 5.41) is 2.62. The Balaban J connectivity index is 1.72. The summed E-state index contributed by atoms with van der Waals surface area (Å²) in [6.45, 7) is 3.81. The van der Waals surface area contributed by atoms with Crippen molar-refractivity contribution in [3.05, 3.63) is 59.9 Å². The molecule has 6 nitrogen and oxygen atoms in total. The highest BCUT2D eigenvalue weighted by Crippen LogP contribution is 2.17. The van der Waals surface area contributed by atoms with Gasteiger partial charge in [-0.15, -0.1) is 0 Å². The molecular weight excluding hydrogens is 353 g/mol. The van der Waals surface area contributed by atoms with Gasteiger partial charge in [0, 0.05) is 6.54 Å². The van der Waals surface area contributed by atoms with E-state index in [2.05, 4.69) is 5.32 Å². The van der Waals surface area contributed by atoms with Crippen molar-refractivity contribution in [2.45, 2.75) is 26.5 Å². The van der Waals surface area contributed by atoms with Crippen molar-refractivity contribution >= 4 is 11.9 Å². The van der Waals surface area contributed by atoms with E-state index in [-0.39, 0.29) is 19.0 Å². The second-order valence-electron chi connectivity index (χ2n) is 5.67. The molecule has 0 aliphatic carbocycles. The SMILES string of the molecule is CCOc1ccc(OCC(=O)O[C@H](C)C(=O)NCc2ccc(F)cc2)cc1. The number of carbonyl (C=O) groups is 2. The number of hydrogen-bond acceptors (Lipinski definition) is 5. The van der Waals surface area contributed by atoms with Gasteiger partial charge in [-0.2, -0.15) is 0 Å². The summed E-state index contributed by atoms with van der Waals surface area (Å²) < 4.78 is 28.5. The van der Waals surface area contributed by atoms with Crippen LogP contribution >= 0.6 is 0 Å². The summed E-state index contributed by atoms with van der Waals surface area (Å²) in [7, 11) is 0. The van der Waals surface area contributed by atoms with Gasteiger partial charge >= 0.3 is 5.97 Å². The molecular formula is C20H22FNO5. The van der Waals surface area contributed by atoms with Crippen LogP contribution in [0.1, 0.15) is 19.4 Å². The second kappa shape index (κ2) is 10.2. The van der Waals surface area contributed by atoms with E-state index < -0.39 is 18.0 Å². The number of amides is 1. The molecule has 0 aliphatic rings. The van der Waals surface area contributed by atoms with Crippen molar-refractivity contribution in [1.82, 2.24) is 5.32 Å². The average Bonchev–Trinajstić information content (AvgIpc) is 2.67. The lowest BCUT2D eigenvalue weighted by atomic mass is 10.2. The highest BCUT2D eigenvalue weighted by Gasteiger charge is 2.17. The molecule has 0 fully saturated rings. The number of hydrogen-bond donors (Lipinski definition) is 1. The van der Waals surface area contributed by atoms with E-state index in [0.29, 0.717) is 18.1 Å². The second-order valence-corrected chi connectivity index (χ2v) is 5.67. The van der Waals surface area contributed by atoms with E-state index in [9.17, 15) is 14.0 Å². The van der Waals surface area contributed by atoms with Gasteiger partial charge in [0.25, 0.3) is 5.91 Å². The largest absolute Gasteiger partial charge is 0.494 e. The lowest BCUT2D eigenvalue weighted by Crippen LogP contribution is -2.36. The summed E-state index contributed by atoms with van der Waals surface area (Å²) in [5.74, 6) is -0.260. The van der Waals surface area contributed by atoms with Gasteiger partial charge in [0.2, 0.25) is 0 Å². The van der Waals surface area contributed by atoms with Crippen molar-refractivity contribution in [2.75, 3.05) is 13.2 Å². The van der Waals surface area contributed by atoms with Crippen LogP contribution in [0.4, 0.5) is 4.39 Å². The lowest BCUT2D eigenvalue weighted by molar-refractivity contribution is -0.156. The zero-order chi connectivity index (χ0) is 19.6. The fourth-order valence-corrected chi connectivity index (χ4v) is 2.16. The van der Waals surface area contributed by atoms with Crippen LogP contribution in [0.5, 0.6) is 11.5 Å². The minimum absolute atomic E-state index is 0.212. The smallest absolute Gasteiger partial charge is 0.344 e. The molecule has 1 atom stereocenters. The van der Waals surface area contributed by atoms with Crippen LogP contribution in [0.3, 0.4) is 0 Å². The van der Waals surface area contributed by atoms with E-state index in [1.54, 1.807) is 36.4 Å². The Bertz CT molecular complexity index is 746. The molecule has 27 heavy (non-hydrogen) atoms. The van der Waals surface area contributed by atoms with E-state index >= 15 is 0 Å². The maximum Gasteiger partial charge on any atom is 0.344 e. The van der Waals surface area contributed by atoms with Crippen LogP contribution in [0.25, 0.3) is 0 Å². The molecule has 0 heterocycles.